The van der Waals surface area contributed by atoms with Gasteiger partial charge in [0, 0.05) is 17.3 Å². The summed E-state index contributed by atoms with van der Waals surface area (Å²) in [5, 5.41) is 2.74. The number of rotatable bonds is 33. The van der Waals surface area contributed by atoms with Gasteiger partial charge in [-0.25, -0.2) is 0 Å². The van der Waals surface area contributed by atoms with Crippen molar-refractivity contribution in [1.29, 1.82) is 0 Å². The molecule has 4 heteroatoms. The lowest BCUT2D eigenvalue weighted by atomic mass is 9.80. The predicted molar refractivity (Wildman–Crippen MR) is 211 cm³/mol. The maximum Gasteiger partial charge on any atom is 0.0723 e. The van der Waals surface area contributed by atoms with Gasteiger partial charge in [-0.3, -0.25) is 0 Å². The van der Waals surface area contributed by atoms with Crippen molar-refractivity contribution in [2.75, 3.05) is 11.5 Å². The van der Waals surface area contributed by atoms with Crippen molar-refractivity contribution < 1.29 is 0 Å². The Kier molecular flexibility index (Phi) is 26.3. The molecule has 2 aromatic heterocycles. The van der Waals surface area contributed by atoms with Crippen LogP contribution in [0.1, 0.15) is 212 Å². The van der Waals surface area contributed by atoms with E-state index in [-0.39, 0.29) is 0 Å². The second-order valence-corrected chi connectivity index (χ2v) is 16.4. The minimum atomic E-state index is 0.443. The maximum absolute atomic E-state index is 3.95. The normalized spacial score (nSPS) is 11.9. The lowest BCUT2D eigenvalue weighted by molar-refractivity contribution is 0.362. The van der Waals surface area contributed by atoms with Crippen LogP contribution in [0.4, 0.5) is 0 Å². The molecule has 0 saturated carbocycles. The summed E-state index contributed by atoms with van der Waals surface area (Å²) < 4.78 is 0. The number of unbranched alkanes of at least 4 members (excludes halogenated alkanes) is 20. The molecule has 0 radical (unpaired) electrons. The van der Waals surface area contributed by atoms with Crippen LogP contribution in [0.2, 0.25) is 0 Å². The van der Waals surface area contributed by atoms with Crippen molar-refractivity contribution in [3.63, 3.8) is 0 Å². The van der Waals surface area contributed by atoms with E-state index in [1.807, 2.05) is 23.5 Å². The lowest BCUT2D eigenvalue weighted by Gasteiger charge is -2.27. The van der Waals surface area contributed by atoms with Crippen molar-refractivity contribution in [1.82, 2.24) is 9.97 Å². The first-order chi connectivity index (χ1) is 22.7. The van der Waals surface area contributed by atoms with Gasteiger partial charge in [-0.15, -0.1) is 23.5 Å². The van der Waals surface area contributed by atoms with Crippen LogP contribution in [0.3, 0.4) is 0 Å². The molecule has 46 heavy (non-hydrogen) atoms. The standard InChI is InChI=1S/C42H76N2S2/c1-5-9-13-17-19-21-23-27-35-45-40-33-31-38(43-40)42(37(29-25-15-11-7-3)30-26-16-12-8-4)39-32-34-41(44-39)46-36-28-24-22-20-18-14-10-6-2/h31-34,37,42-44H,5-30,35-36H2,1-4H3. The van der Waals surface area contributed by atoms with Crippen LogP contribution in [0.15, 0.2) is 34.3 Å². The minimum absolute atomic E-state index is 0.443. The highest BCUT2D eigenvalue weighted by Crippen LogP contribution is 2.39. The smallest absolute Gasteiger partial charge is 0.0723 e. The van der Waals surface area contributed by atoms with Crippen molar-refractivity contribution in [3.05, 3.63) is 35.7 Å². The molecular formula is C42H76N2S2. The molecule has 2 nitrogen and oxygen atoms in total. The number of aromatic nitrogens is 2. The molecule has 2 rings (SSSR count). The third-order valence-corrected chi connectivity index (χ3v) is 12.0. The molecule has 0 aromatic carbocycles. The molecule has 0 fully saturated rings. The largest absolute Gasteiger partial charge is 0.353 e. The second kappa shape index (κ2) is 29.2. The second-order valence-electron chi connectivity index (χ2n) is 14.1. The average molecular weight is 673 g/mol. The van der Waals surface area contributed by atoms with E-state index < -0.39 is 0 Å². The fourth-order valence-electron chi connectivity index (χ4n) is 6.97. The molecule has 0 aliphatic rings. The maximum atomic E-state index is 3.95. The van der Waals surface area contributed by atoms with Crippen LogP contribution in [0, 0.1) is 5.92 Å². The quantitative estimate of drug-likeness (QED) is 0.0584. The van der Waals surface area contributed by atoms with Gasteiger partial charge in [0.1, 0.15) is 0 Å². The van der Waals surface area contributed by atoms with Gasteiger partial charge in [-0.05, 0) is 67.4 Å². The van der Waals surface area contributed by atoms with E-state index in [0.29, 0.717) is 11.8 Å². The summed E-state index contributed by atoms with van der Waals surface area (Å²) in [6.07, 6.45) is 35.9. The van der Waals surface area contributed by atoms with Crippen LogP contribution >= 0.6 is 23.5 Å². The van der Waals surface area contributed by atoms with Crippen LogP contribution in [-0.2, 0) is 0 Å². The van der Waals surface area contributed by atoms with E-state index in [4.69, 9.17) is 0 Å². The van der Waals surface area contributed by atoms with Gasteiger partial charge in [0.05, 0.1) is 10.1 Å². The summed E-state index contributed by atoms with van der Waals surface area (Å²) in [4.78, 5) is 7.90. The van der Waals surface area contributed by atoms with Crippen LogP contribution in [-0.4, -0.2) is 21.5 Å². The highest BCUT2D eigenvalue weighted by molar-refractivity contribution is 7.99. The minimum Gasteiger partial charge on any atom is -0.353 e. The Hall–Kier alpha value is -0.740. The van der Waals surface area contributed by atoms with Crippen molar-refractivity contribution >= 4 is 23.5 Å². The summed E-state index contributed by atoms with van der Waals surface area (Å²) in [6.45, 7) is 9.28. The van der Waals surface area contributed by atoms with Gasteiger partial charge in [-0.2, -0.15) is 0 Å². The Morgan fingerprint density at radius 3 is 1.11 bits per heavy atom. The zero-order valence-corrected chi connectivity index (χ0v) is 32.7. The number of hydrogen-bond donors (Lipinski definition) is 2. The number of aromatic amines is 2. The molecule has 0 saturated heterocycles. The molecule has 0 atom stereocenters. The molecule has 266 valence electrons. The van der Waals surface area contributed by atoms with E-state index in [9.17, 15) is 0 Å². The molecule has 0 bridgehead atoms. The first-order valence-electron chi connectivity index (χ1n) is 20.4. The third-order valence-electron chi connectivity index (χ3n) is 9.87. The summed E-state index contributed by atoms with van der Waals surface area (Å²) >= 11 is 4.09. The summed E-state index contributed by atoms with van der Waals surface area (Å²) in [7, 11) is 0. The fourth-order valence-corrected chi connectivity index (χ4v) is 8.81. The first kappa shape index (κ1) is 41.4. The molecule has 2 aromatic rings. The van der Waals surface area contributed by atoms with Crippen molar-refractivity contribution in [2.24, 2.45) is 5.92 Å². The number of hydrogen-bond acceptors (Lipinski definition) is 2. The molecular weight excluding hydrogens is 597 g/mol. The number of thioether (sulfide) groups is 2. The van der Waals surface area contributed by atoms with Gasteiger partial charge >= 0.3 is 0 Å². The topological polar surface area (TPSA) is 31.6 Å². The Morgan fingerprint density at radius 2 is 0.739 bits per heavy atom. The monoisotopic (exact) mass is 673 g/mol. The van der Waals surface area contributed by atoms with Gasteiger partial charge in [0.25, 0.3) is 0 Å². The number of nitrogens with one attached hydrogen (secondary N) is 2. The van der Waals surface area contributed by atoms with E-state index in [0.717, 1.165) is 0 Å². The van der Waals surface area contributed by atoms with Crippen LogP contribution in [0.5, 0.6) is 0 Å². The molecule has 0 amide bonds. The molecule has 0 spiro atoms. The zero-order valence-electron chi connectivity index (χ0n) is 31.1. The summed E-state index contributed by atoms with van der Waals surface area (Å²) in [6, 6.07) is 9.62. The Labute approximate surface area is 296 Å². The summed E-state index contributed by atoms with van der Waals surface area (Å²) in [5.41, 5.74) is 2.88. The van der Waals surface area contributed by atoms with Crippen LogP contribution < -0.4 is 0 Å². The molecule has 2 N–H and O–H groups in total. The molecule has 0 aliphatic heterocycles. The Bertz CT molecular complexity index is 846. The molecule has 2 heterocycles. The van der Waals surface area contributed by atoms with Gasteiger partial charge in [0.2, 0.25) is 0 Å². The van der Waals surface area contributed by atoms with Gasteiger partial charge in [-0.1, -0.05) is 169 Å². The van der Waals surface area contributed by atoms with E-state index in [2.05, 4.69) is 61.9 Å². The Morgan fingerprint density at radius 1 is 0.413 bits per heavy atom. The predicted octanol–water partition coefficient (Wildman–Crippen LogP) is 15.5. The highest BCUT2D eigenvalue weighted by Gasteiger charge is 2.27. The Balaban J connectivity index is 2.01. The number of H-pyrrole nitrogens is 2. The van der Waals surface area contributed by atoms with Crippen molar-refractivity contribution in [2.45, 2.75) is 211 Å². The van der Waals surface area contributed by atoms with Crippen molar-refractivity contribution in [3.8, 4) is 0 Å². The van der Waals surface area contributed by atoms with Gasteiger partial charge in [0.15, 0.2) is 0 Å². The molecule has 0 aliphatic carbocycles. The SMILES string of the molecule is CCCCCCCCCCSc1ccc(C(c2ccc(SCCCCCCCCCC)[nH]2)C(CCCCCC)CCCCCC)[nH]1. The van der Waals surface area contributed by atoms with E-state index in [1.54, 1.807) is 0 Å². The van der Waals surface area contributed by atoms with E-state index >= 15 is 0 Å². The first-order valence-corrected chi connectivity index (χ1v) is 22.3. The summed E-state index contributed by atoms with van der Waals surface area (Å²) in [5.74, 6) is 3.61. The lowest BCUT2D eigenvalue weighted by Crippen LogP contribution is -2.16. The third kappa shape index (κ3) is 19.3. The average Bonchev–Trinajstić information content (AvgIpc) is 3.73. The van der Waals surface area contributed by atoms with Gasteiger partial charge < -0.3 is 9.97 Å². The van der Waals surface area contributed by atoms with E-state index in [1.165, 1.54) is 200 Å². The highest BCUT2D eigenvalue weighted by atomic mass is 32.2. The fraction of sp³-hybridized carbons (Fsp3) is 0.810. The molecule has 0 unspecified atom stereocenters. The van der Waals surface area contributed by atoms with Crippen LogP contribution in [0.25, 0.3) is 0 Å². The zero-order chi connectivity index (χ0) is 32.9.